The molecule has 0 radical (unpaired) electrons. The van der Waals surface area contributed by atoms with E-state index in [0.29, 0.717) is 12.3 Å². The van der Waals surface area contributed by atoms with E-state index < -0.39 is 11.0 Å². The first-order valence-corrected chi connectivity index (χ1v) is 7.32. The zero-order valence-corrected chi connectivity index (χ0v) is 13.0. The number of nitrogens with zero attached hydrogens (tertiary/aromatic N) is 2. The van der Waals surface area contributed by atoms with Crippen molar-refractivity contribution in [1.29, 1.82) is 0 Å². The number of likely N-dealkylation sites (N-methyl/N-ethyl adjacent to an activating group) is 1. The number of nitro benzene ring substituents is 1. The van der Waals surface area contributed by atoms with E-state index in [0.717, 1.165) is 6.54 Å². The number of aliphatic hydroxyl groups is 1. The zero-order valence-electron chi connectivity index (χ0n) is 13.0. The van der Waals surface area contributed by atoms with Crippen molar-refractivity contribution in [2.24, 2.45) is 0 Å². The van der Waals surface area contributed by atoms with Gasteiger partial charge in [0.25, 0.3) is 5.69 Å². The highest BCUT2D eigenvalue weighted by molar-refractivity contribution is 5.37. The Labute approximate surface area is 135 Å². The molecule has 1 atom stereocenters. The molecule has 1 N–H and O–H groups in total. The fourth-order valence-electron chi connectivity index (χ4n) is 2.25. The first-order valence-electron chi connectivity index (χ1n) is 7.32. The number of nitro groups is 1. The molecule has 2 aromatic rings. The second-order valence-corrected chi connectivity index (χ2v) is 5.40. The normalized spacial score (nSPS) is 12.1. The van der Waals surface area contributed by atoms with Gasteiger partial charge in [0.2, 0.25) is 0 Å². The van der Waals surface area contributed by atoms with Crippen LogP contribution < -0.4 is 4.74 Å². The fraction of sp³-hybridized carbons (Fsp3) is 0.294. The molecule has 0 aliphatic rings. The van der Waals surface area contributed by atoms with Crippen LogP contribution in [0, 0.1) is 10.1 Å². The Morgan fingerprint density at radius 3 is 2.65 bits per heavy atom. The van der Waals surface area contributed by atoms with Gasteiger partial charge < -0.3 is 9.84 Å². The van der Waals surface area contributed by atoms with Gasteiger partial charge >= 0.3 is 0 Å². The molecule has 0 amide bonds. The number of benzene rings is 2. The van der Waals surface area contributed by atoms with Gasteiger partial charge in [-0.25, -0.2) is 0 Å². The van der Waals surface area contributed by atoms with Crippen molar-refractivity contribution in [3.8, 4) is 5.75 Å². The second kappa shape index (κ2) is 8.26. The van der Waals surface area contributed by atoms with Crippen molar-refractivity contribution in [3.05, 3.63) is 70.3 Å². The minimum Gasteiger partial charge on any atom is -0.491 e. The van der Waals surface area contributed by atoms with Crippen LogP contribution in [0.4, 0.5) is 5.69 Å². The Morgan fingerprint density at radius 2 is 1.96 bits per heavy atom. The van der Waals surface area contributed by atoms with Crippen molar-refractivity contribution in [1.82, 2.24) is 4.90 Å². The van der Waals surface area contributed by atoms with Crippen LogP contribution in [0.15, 0.2) is 54.6 Å². The highest BCUT2D eigenvalue weighted by atomic mass is 16.6. The molecule has 6 heteroatoms. The summed E-state index contributed by atoms with van der Waals surface area (Å²) in [5.41, 5.74) is 1.14. The van der Waals surface area contributed by atoms with Crippen molar-refractivity contribution >= 4 is 5.69 Å². The number of hydrogen-bond acceptors (Lipinski definition) is 5. The highest BCUT2D eigenvalue weighted by Crippen LogP contribution is 2.19. The number of rotatable bonds is 8. The van der Waals surface area contributed by atoms with Gasteiger partial charge in [0.15, 0.2) is 0 Å². The topological polar surface area (TPSA) is 75.8 Å². The third-order valence-electron chi connectivity index (χ3n) is 3.29. The zero-order chi connectivity index (χ0) is 16.7. The van der Waals surface area contributed by atoms with E-state index in [1.165, 1.54) is 17.7 Å². The summed E-state index contributed by atoms with van der Waals surface area (Å²) in [7, 11) is 1.92. The predicted molar refractivity (Wildman–Crippen MR) is 87.4 cm³/mol. The van der Waals surface area contributed by atoms with Gasteiger partial charge in [-0.2, -0.15) is 0 Å². The van der Waals surface area contributed by atoms with Gasteiger partial charge in [-0.3, -0.25) is 15.0 Å². The molecular formula is C17H20N2O4. The first-order chi connectivity index (χ1) is 11.0. The molecule has 2 aromatic carbocycles. The molecule has 0 aliphatic heterocycles. The number of aliphatic hydroxyl groups excluding tert-OH is 1. The summed E-state index contributed by atoms with van der Waals surface area (Å²) >= 11 is 0. The molecule has 122 valence electrons. The summed E-state index contributed by atoms with van der Waals surface area (Å²) in [6, 6.07) is 15.9. The number of hydrogen-bond donors (Lipinski definition) is 1. The molecule has 0 saturated heterocycles. The van der Waals surface area contributed by atoms with Gasteiger partial charge in [-0.15, -0.1) is 0 Å². The van der Waals surface area contributed by atoms with Gasteiger partial charge in [0.05, 0.1) is 11.0 Å². The fourth-order valence-corrected chi connectivity index (χ4v) is 2.25. The van der Waals surface area contributed by atoms with Gasteiger partial charge in [-0.05, 0) is 18.7 Å². The average molecular weight is 316 g/mol. The van der Waals surface area contributed by atoms with E-state index in [2.05, 4.69) is 0 Å². The van der Waals surface area contributed by atoms with Crippen LogP contribution in [0.25, 0.3) is 0 Å². The van der Waals surface area contributed by atoms with Crippen LogP contribution in [0.1, 0.15) is 5.56 Å². The molecule has 1 unspecified atom stereocenters. The van der Waals surface area contributed by atoms with E-state index in [-0.39, 0.29) is 12.3 Å². The van der Waals surface area contributed by atoms with Crippen LogP contribution >= 0.6 is 0 Å². The maximum atomic E-state index is 10.7. The largest absolute Gasteiger partial charge is 0.491 e. The number of non-ortho nitro benzene ring substituents is 1. The van der Waals surface area contributed by atoms with Crippen LogP contribution in [-0.4, -0.2) is 41.2 Å². The lowest BCUT2D eigenvalue weighted by Crippen LogP contribution is -2.32. The van der Waals surface area contributed by atoms with E-state index >= 15 is 0 Å². The van der Waals surface area contributed by atoms with Crippen LogP contribution in [-0.2, 0) is 6.54 Å². The lowest BCUT2D eigenvalue weighted by atomic mass is 10.2. The summed E-state index contributed by atoms with van der Waals surface area (Å²) in [5, 5.41) is 20.7. The molecule has 0 fully saturated rings. The summed E-state index contributed by atoms with van der Waals surface area (Å²) in [4.78, 5) is 12.2. The molecule has 23 heavy (non-hydrogen) atoms. The van der Waals surface area contributed by atoms with Crippen LogP contribution in [0.5, 0.6) is 5.75 Å². The van der Waals surface area contributed by atoms with Crippen LogP contribution in [0.2, 0.25) is 0 Å². The Balaban J connectivity index is 1.79. The van der Waals surface area contributed by atoms with Crippen molar-refractivity contribution in [3.63, 3.8) is 0 Å². The van der Waals surface area contributed by atoms with E-state index in [4.69, 9.17) is 4.74 Å². The van der Waals surface area contributed by atoms with Crippen molar-refractivity contribution in [2.75, 3.05) is 20.2 Å². The van der Waals surface area contributed by atoms with Gasteiger partial charge in [-0.1, -0.05) is 36.4 Å². The molecule has 2 rings (SSSR count). The summed E-state index contributed by atoms with van der Waals surface area (Å²) < 4.78 is 5.43. The van der Waals surface area contributed by atoms with Crippen molar-refractivity contribution in [2.45, 2.75) is 12.6 Å². The molecule has 0 aliphatic carbocycles. The molecule has 0 saturated carbocycles. The smallest absolute Gasteiger partial charge is 0.273 e. The Kier molecular flexibility index (Phi) is 6.08. The minimum atomic E-state index is -0.678. The van der Waals surface area contributed by atoms with E-state index in [9.17, 15) is 15.2 Å². The van der Waals surface area contributed by atoms with Gasteiger partial charge in [0, 0.05) is 19.2 Å². The van der Waals surface area contributed by atoms with Crippen molar-refractivity contribution < 1.29 is 14.8 Å². The average Bonchev–Trinajstić information content (AvgIpc) is 2.54. The summed E-state index contributed by atoms with van der Waals surface area (Å²) in [5.74, 6) is 0.379. The first kappa shape index (κ1) is 16.9. The maximum absolute atomic E-state index is 10.7. The Hall–Kier alpha value is -2.44. The highest BCUT2D eigenvalue weighted by Gasteiger charge is 2.11. The predicted octanol–water partition coefficient (Wildman–Crippen LogP) is 2.47. The quantitative estimate of drug-likeness (QED) is 0.598. The monoisotopic (exact) mass is 316 g/mol. The Bertz CT molecular complexity index is 634. The van der Waals surface area contributed by atoms with E-state index in [1.54, 1.807) is 12.1 Å². The standard InChI is InChI=1S/C17H20N2O4/c1-18(11-14-6-3-2-4-7-14)12-16(20)13-23-17-9-5-8-15(10-17)19(21)22/h2-10,16,20H,11-13H2,1H3. The summed E-state index contributed by atoms with van der Waals surface area (Å²) in [6.07, 6.45) is -0.678. The number of ether oxygens (including phenoxy) is 1. The molecule has 0 aromatic heterocycles. The summed E-state index contributed by atoms with van der Waals surface area (Å²) in [6.45, 7) is 1.26. The third-order valence-corrected chi connectivity index (χ3v) is 3.29. The molecule has 0 heterocycles. The Morgan fingerprint density at radius 1 is 1.22 bits per heavy atom. The van der Waals surface area contributed by atoms with Crippen LogP contribution in [0.3, 0.4) is 0 Å². The molecule has 0 spiro atoms. The SMILES string of the molecule is CN(Cc1ccccc1)CC(O)COc1cccc([N+](=O)[O-])c1. The third kappa shape index (κ3) is 5.69. The lowest BCUT2D eigenvalue weighted by Gasteiger charge is -2.20. The minimum absolute atomic E-state index is 0.0295. The lowest BCUT2D eigenvalue weighted by molar-refractivity contribution is -0.384. The second-order valence-electron chi connectivity index (χ2n) is 5.40. The van der Waals surface area contributed by atoms with Gasteiger partial charge in [0.1, 0.15) is 18.5 Å². The molecule has 0 bridgehead atoms. The molecule has 6 nitrogen and oxygen atoms in total. The molecular weight excluding hydrogens is 296 g/mol. The maximum Gasteiger partial charge on any atom is 0.273 e. The van der Waals surface area contributed by atoms with E-state index in [1.807, 2.05) is 42.3 Å².